The number of non-ortho nitro benzene ring substituents is 1. The number of nitro benzene ring substituents is 1. The van der Waals surface area contributed by atoms with Crippen LogP contribution in [0.2, 0.25) is 5.02 Å². The molecule has 10 heteroatoms. The van der Waals surface area contributed by atoms with Crippen molar-refractivity contribution in [2.24, 2.45) is 0 Å². The summed E-state index contributed by atoms with van der Waals surface area (Å²) in [7, 11) is 0. The number of ether oxygens (including phenoxy) is 1. The van der Waals surface area contributed by atoms with Gasteiger partial charge < -0.3 is 9.64 Å². The topological polar surface area (TPSA) is 93.7 Å². The molecule has 0 N–H and O–H groups in total. The van der Waals surface area contributed by atoms with Crippen LogP contribution in [0, 0.1) is 24.0 Å². The highest BCUT2D eigenvalue weighted by atomic mass is 35.5. The molecule has 0 aliphatic carbocycles. The number of aromatic nitrogens is 2. The van der Waals surface area contributed by atoms with Crippen molar-refractivity contribution in [3.8, 4) is 11.4 Å². The Morgan fingerprint density at radius 3 is 2.35 bits per heavy atom. The first-order valence-electron chi connectivity index (χ1n) is 13.1. The van der Waals surface area contributed by atoms with Gasteiger partial charge in [0.2, 0.25) is 0 Å². The summed E-state index contributed by atoms with van der Waals surface area (Å²) in [6.45, 7) is 8.10. The second kappa shape index (κ2) is 11.9. The maximum Gasteiger partial charge on any atom is 0.271 e. The lowest BCUT2D eigenvalue weighted by Gasteiger charge is -2.34. The molecule has 1 amide bonds. The molecule has 1 aliphatic rings. The minimum Gasteiger partial charge on any atom is -0.487 e. The van der Waals surface area contributed by atoms with E-state index in [-0.39, 0.29) is 23.2 Å². The number of nitro groups is 1. The Bertz CT molecular complexity index is 1510. The lowest BCUT2D eigenvalue weighted by atomic mass is 10.1. The zero-order valence-electron chi connectivity index (χ0n) is 22.4. The van der Waals surface area contributed by atoms with E-state index in [1.807, 2.05) is 39.9 Å². The van der Waals surface area contributed by atoms with Gasteiger partial charge in [-0.3, -0.25) is 19.8 Å². The molecule has 1 aliphatic heterocycles. The first-order chi connectivity index (χ1) is 19.3. The van der Waals surface area contributed by atoms with E-state index in [9.17, 15) is 14.9 Å². The van der Waals surface area contributed by atoms with E-state index in [1.54, 1.807) is 12.1 Å². The summed E-state index contributed by atoms with van der Waals surface area (Å²) in [6, 6.07) is 21.5. The quantitative estimate of drug-likeness (QED) is 0.206. The van der Waals surface area contributed by atoms with E-state index < -0.39 is 4.92 Å². The SMILES string of the molecule is Cc1nn(-c2ccccc2)c(C)c1CN1CCN(C(=O)c2ccc(COc3ccc([N+](=O)[O-])cc3Cl)cc2)CC1. The average molecular weight is 560 g/mol. The highest BCUT2D eigenvalue weighted by Gasteiger charge is 2.24. The van der Waals surface area contributed by atoms with E-state index in [0.29, 0.717) is 24.4 Å². The maximum atomic E-state index is 13.1. The Morgan fingerprint density at radius 1 is 1.00 bits per heavy atom. The predicted molar refractivity (Wildman–Crippen MR) is 153 cm³/mol. The van der Waals surface area contributed by atoms with Crippen molar-refractivity contribution in [2.45, 2.75) is 27.0 Å². The van der Waals surface area contributed by atoms with Crippen molar-refractivity contribution in [3.05, 3.63) is 116 Å². The van der Waals surface area contributed by atoms with Gasteiger partial charge >= 0.3 is 0 Å². The fourth-order valence-corrected chi connectivity index (χ4v) is 5.09. The second-order valence-corrected chi connectivity index (χ2v) is 10.2. The van der Waals surface area contributed by atoms with E-state index in [0.717, 1.165) is 42.3 Å². The average Bonchev–Trinajstić information content (AvgIpc) is 3.25. The summed E-state index contributed by atoms with van der Waals surface area (Å²) >= 11 is 6.10. The normalized spacial score (nSPS) is 13.8. The van der Waals surface area contributed by atoms with Crippen LogP contribution >= 0.6 is 11.6 Å². The van der Waals surface area contributed by atoms with Gasteiger partial charge in [0.15, 0.2) is 0 Å². The van der Waals surface area contributed by atoms with Crippen LogP contribution in [-0.2, 0) is 13.2 Å². The number of carbonyl (C=O) groups is 1. The fourth-order valence-electron chi connectivity index (χ4n) is 4.86. The summed E-state index contributed by atoms with van der Waals surface area (Å²) in [5, 5.41) is 15.8. The molecule has 4 aromatic rings. The van der Waals surface area contributed by atoms with Gasteiger partial charge in [0, 0.05) is 61.7 Å². The molecule has 5 rings (SSSR count). The number of carbonyl (C=O) groups excluding carboxylic acids is 1. The zero-order valence-corrected chi connectivity index (χ0v) is 23.2. The third-order valence-corrected chi connectivity index (χ3v) is 7.50. The van der Waals surface area contributed by atoms with Crippen LogP contribution in [0.3, 0.4) is 0 Å². The fraction of sp³-hybridized carbons (Fsp3) is 0.267. The van der Waals surface area contributed by atoms with E-state index in [4.69, 9.17) is 21.4 Å². The van der Waals surface area contributed by atoms with Crippen molar-refractivity contribution in [1.29, 1.82) is 0 Å². The summed E-state index contributed by atoms with van der Waals surface area (Å²) in [5.41, 5.74) is 5.85. The van der Waals surface area contributed by atoms with Gasteiger partial charge in [-0.1, -0.05) is 41.9 Å². The molecule has 2 heterocycles. The van der Waals surface area contributed by atoms with Crippen LogP contribution < -0.4 is 4.74 Å². The molecule has 1 aromatic heterocycles. The first kappa shape index (κ1) is 27.4. The number of halogens is 1. The van der Waals surface area contributed by atoms with Gasteiger partial charge in [-0.05, 0) is 49.7 Å². The lowest BCUT2D eigenvalue weighted by Crippen LogP contribution is -2.48. The first-order valence-corrected chi connectivity index (χ1v) is 13.5. The lowest BCUT2D eigenvalue weighted by molar-refractivity contribution is -0.384. The molecular formula is C30H30ClN5O4. The Balaban J connectivity index is 1.14. The minimum atomic E-state index is -0.505. The Morgan fingerprint density at radius 2 is 1.70 bits per heavy atom. The summed E-state index contributed by atoms with van der Waals surface area (Å²) in [6.07, 6.45) is 0. The minimum absolute atomic E-state index is 0.00906. The predicted octanol–water partition coefficient (Wildman–Crippen LogP) is 5.59. The van der Waals surface area contributed by atoms with E-state index in [2.05, 4.69) is 30.9 Å². The molecule has 1 saturated heterocycles. The molecule has 3 aromatic carbocycles. The van der Waals surface area contributed by atoms with Gasteiger partial charge in [0.1, 0.15) is 12.4 Å². The van der Waals surface area contributed by atoms with Gasteiger partial charge in [-0.15, -0.1) is 0 Å². The molecule has 40 heavy (non-hydrogen) atoms. The number of hydrogen-bond acceptors (Lipinski definition) is 6. The number of aryl methyl sites for hydroxylation is 1. The second-order valence-electron chi connectivity index (χ2n) is 9.82. The number of rotatable bonds is 8. The van der Waals surface area contributed by atoms with Crippen LogP contribution in [0.15, 0.2) is 72.8 Å². The Kier molecular flexibility index (Phi) is 8.14. The van der Waals surface area contributed by atoms with Gasteiger partial charge in [0.05, 0.1) is 21.3 Å². The molecule has 0 radical (unpaired) electrons. The Hall–Kier alpha value is -4.21. The number of hydrogen-bond donors (Lipinski definition) is 0. The Labute approximate surface area is 237 Å². The summed E-state index contributed by atoms with van der Waals surface area (Å²) in [4.78, 5) is 27.8. The van der Waals surface area contributed by atoms with E-state index in [1.165, 1.54) is 23.8 Å². The van der Waals surface area contributed by atoms with Crippen molar-refractivity contribution >= 4 is 23.2 Å². The third kappa shape index (κ3) is 6.00. The molecule has 0 atom stereocenters. The smallest absolute Gasteiger partial charge is 0.271 e. The van der Waals surface area contributed by atoms with Crippen molar-refractivity contribution in [3.63, 3.8) is 0 Å². The monoisotopic (exact) mass is 559 g/mol. The number of benzene rings is 3. The third-order valence-electron chi connectivity index (χ3n) is 7.20. The maximum absolute atomic E-state index is 13.1. The van der Waals surface area contributed by atoms with Gasteiger partial charge in [-0.2, -0.15) is 5.10 Å². The molecule has 0 bridgehead atoms. The van der Waals surface area contributed by atoms with Crippen LogP contribution in [0.4, 0.5) is 5.69 Å². The molecule has 206 valence electrons. The molecule has 0 spiro atoms. The van der Waals surface area contributed by atoms with Crippen molar-refractivity contribution in [1.82, 2.24) is 19.6 Å². The molecule has 0 saturated carbocycles. The van der Waals surface area contributed by atoms with E-state index >= 15 is 0 Å². The summed E-state index contributed by atoms with van der Waals surface area (Å²) in [5.74, 6) is 0.373. The van der Waals surface area contributed by atoms with Crippen LogP contribution in [-0.4, -0.2) is 56.6 Å². The van der Waals surface area contributed by atoms with Crippen LogP contribution in [0.25, 0.3) is 5.69 Å². The number of amides is 1. The van der Waals surface area contributed by atoms with Gasteiger partial charge in [0.25, 0.3) is 11.6 Å². The standard InChI is InChI=1S/C30H30ClN5O4/c1-21-27(22(2)35(32-21)25-6-4-3-5-7-25)19-33-14-16-34(17-15-33)30(37)24-10-8-23(9-11-24)20-40-29-13-12-26(36(38)39)18-28(29)31/h3-13,18H,14-17,19-20H2,1-2H3. The highest BCUT2D eigenvalue weighted by Crippen LogP contribution is 2.29. The van der Waals surface area contributed by atoms with Crippen LogP contribution in [0.1, 0.15) is 32.9 Å². The number of piperazine rings is 1. The van der Waals surface area contributed by atoms with Crippen molar-refractivity contribution in [2.75, 3.05) is 26.2 Å². The van der Waals surface area contributed by atoms with Crippen LogP contribution in [0.5, 0.6) is 5.75 Å². The van der Waals surface area contributed by atoms with Crippen molar-refractivity contribution < 1.29 is 14.5 Å². The molecule has 1 fully saturated rings. The molecular weight excluding hydrogens is 530 g/mol. The summed E-state index contributed by atoms with van der Waals surface area (Å²) < 4.78 is 7.72. The highest BCUT2D eigenvalue weighted by molar-refractivity contribution is 6.32. The van der Waals surface area contributed by atoms with Gasteiger partial charge in [-0.25, -0.2) is 4.68 Å². The zero-order chi connectivity index (χ0) is 28.2. The molecule has 0 unspecified atom stereocenters. The number of para-hydroxylation sites is 1. The largest absolute Gasteiger partial charge is 0.487 e. The number of nitrogens with zero attached hydrogens (tertiary/aromatic N) is 5. The molecule has 9 nitrogen and oxygen atoms in total.